The summed E-state index contributed by atoms with van der Waals surface area (Å²) in [4.78, 5) is 12.1. The van der Waals surface area contributed by atoms with Gasteiger partial charge in [-0.3, -0.25) is 4.57 Å². The number of nitrogen functional groups attached to an aromatic ring is 1. The molecule has 1 saturated carbocycles. The van der Waals surface area contributed by atoms with Crippen LogP contribution in [0.25, 0.3) is 11.2 Å². The van der Waals surface area contributed by atoms with Gasteiger partial charge < -0.3 is 20.7 Å². The fourth-order valence-corrected chi connectivity index (χ4v) is 3.11. The first-order valence-corrected chi connectivity index (χ1v) is 6.35. The highest BCUT2D eigenvalue weighted by atomic mass is 16.6. The zero-order chi connectivity index (χ0) is 15.0. The Kier molecular flexibility index (Phi) is 2.07. The van der Waals surface area contributed by atoms with Gasteiger partial charge in [0.25, 0.3) is 0 Å². The van der Waals surface area contributed by atoms with Gasteiger partial charge in [0, 0.05) is 0 Å². The number of ether oxygens (including phenoxy) is 1. The third kappa shape index (κ3) is 1.19. The van der Waals surface area contributed by atoms with Crippen LogP contribution in [0.15, 0.2) is 12.7 Å². The van der Waals surface area contributed by atoms with Crippen molar-refractivity contribution >= 4 is 17.0 Å². The third-order valence-corrected chi connectivity index (χ3v) is 4.54. The number of anilines is 1. The molecular formula is C12H12N6O3. The predicted molar refractivity (Wildman–Crippen MR) is 68.3 cm³/mol. The number of rotatable bonds is 1. The monoisotopic (exact) mass is 288 g/mol. The van der Waals surface area contributed by atoms with Gasteiger partial charge in [0.1, 0.15) is 35.1 Å². The molecule has 4 rings (SSSR count). The van der Waals surface area contributed by atoms with E-state index < -0.39 is 29.5 Å². The maximum Gasteiger partial charge on any atom is 0.167 e. The van der Waals surface area contributed by atoms with Crippen LogP contribution in [-0.2, 0) is 4.74 Å². The SMILES string of the molecule is C[C@]1(C#N)C(n2cnc3c(N)ncnc32)O[C@@H]2C(O)[C@@]21O. The third-order valence-electron chi connectivity index (χ3n) is 4.54. The van der Waals surface area contributed by atoms with Gasteiger partial charge in [-0.2, -0.15) is 5.26 Å². The molecule has 2 fully saturated rings. The Hall–Kier alpha value is -2.28. The van der Waals surface area contributed by atoms with Crippen LogP contribution >= 0.6 is 0 Å². The first-order chi connectivity index (χ1) is 9.95. The van der Waals surface area contributed by atoms with Crippen molar-refractivity contribution in [2.45, 2.75) is 31.0 Å². The summed E-state index contributed by atoms with van der Waals surface area (Å²) < 4.78 is 7.18. The van der Waals surface area contributed by atoms with Crippen molar-refractivity contribution < 1.29 is 14.9 Å². The molecule has 5 atom stereocenters. The molecule has 0 spiro atoms. The lowest BCUT2D eigenvalue weighted by atomic mass is 9.82. The van der Waals surface area contributed by atoms with Crippen molar-refractivity contribution in [1.29, 1.82) is 5.26 Å². The van der Waals surface area contributed by atoms with E-state index in [1.54, 1.807) is 6.92 Å². The van der Waals surface area contributed by atoms with Crippen LogP contribution in [0.1, 0.15) is 13.2 Å². The van der Waals surface area contributed by atoms with Crippen molar-refractivity contribution in [3.05, 3.63) is 12.7 Å². The molecular weight excluding hydrogens is 276 g/mol. The molecule has 108 valence electrons. The molecule has 2 unspecified atom stereocenters. The van der Waals surface area contributed by atoms with E-state index in [0.29, 0.717) is 11.2 Å². The Morgan fingerprint density at radius 2 is 2.24 bits per heavy atom. The van der Waals surface area contributed by atoms with Crippen LogP contribution in [0.2, 0.25) is 0 Å². The van der Waals surface area contributed by atoms with Gasteiger partial charge in [0.15, 0.2) is 17.7 Å². The lowest BCUT2D eigenvalue weighted by molar-refractivity contribution is -0.0732. The predicted octanol–water partition coefficient (Wildman–Crippen LogP) is -1.06. The molecule has 0 amide bonds. The van der Waals surface area contributed by atoms with E-state index in [1.807, 2.05) is 0 Å². The van der Waals surface area contributed by atoms with E-state index in [4.69, 9.17) is 10.5 Å². The van der Waals surface area contributed by atoms with Crippen LogP contribution in [0.3, 0.4) is 0 Å². The molecule has 1 aliphatic carbocycles. The molecule has 9 heteroatoms. The summed E-state index contributed by atoms with van der Waals surface area (Å²) in [5.41, 5.74) is 3.63. The number of hydrogen-bond donors (Lipinski definition) is 3. The Labute approximate surface area is 118 Å². The Balaban J connectivity index is 1.88. The smallest absolute Gasteiger partial charge is 0.167 e. The molecule has 21 heavy (non-hydrogen) atoms. The van der Waals surface area contributed by atoms with Gasteiger partial charge >= 0.3 is 0 Å². The van der Waals surface area contributed by atoms with Gasteiger partial charge in [-0.15, -0.1) is 0 Å². The number of hydrogen-bond acceptors (Lipinski definition) is 8. The molecule has 2 aromatic rings. The summed E-state index contributed by atoms with van der Waals surface area (Å²) in [5, 5.41) is 29.7. The topological polar surface area (TPSA) is 143 Å². The quantitative estimate of drug-likeness (QED) is 0.602. The van der Waals surface area contributed by atoms with Crippen LogP contribution < -0.4 is 5.73 Å². The van der Waals surface area contributed by atoms with E-state index in [-0.39, 0.29) is 5.82 Å². The minimum Gasteiger partial charge on any atom is -0.387 e. The van der Waals surface area contributed by atoms with Gasteiger partial charge in [-0.25, -0.2) is 15.0 Å². The molecule has 2 aromatic heterocycles. The van der Waals surface area contributed by atoms with E-state index in [9.17, 15) is 15.5 Å². The van der Waals surface area contributed by atoms with Crippen molar-refractivity contribution in [3.63, 3.8) is 0 Å². The number of nitrogens with zero attached hydrogens (tertiary/aromatic N) is 5. The Morgan fingerprint density at radius 3 is 2.95 bits per heavy atom. The van der Waals surface area contributed by atoms with Crippen LogP contribution in [0, 0.1) is 16.7 Å². The highest BCUT2D eigenvalue weighted by Gasteiger charge is 2.82. The van der Waals surface area contributed by atoms with E-state index >= 15 is 0 Å². The average Bonchev–Trinajstić information content (AvgIpc) is 2.82. The summed E-state index contributed by atoms with van der Waals surface area (Å²) in [7, 11) is 0. The van der Waals surface area contributed by atoms with Crippen molar-refractivity contribution in [3.8, 4) is 6.07 Å². The summed E-state index contributed by atoms with van der Waals surface area (Å²) >= 11 is 0. The minimum absolute atomic E-state index is 0.222. The first kappa shape index (κ1) is 12.5. The second-order valence-electron chi connectivity index (χ2n) is 5.58. The lowest BCUT2D eigenvalue weighted by Gasteiger charge is -2.30. The number of nitriles is 1. The minimum atomic E-state index is -1.58. The normalized spacial score (nSPS) is 41.0. The number of nitrogens with two attached hydrogens (primary N) is 1. The second kappa shape index (κ2) is 3.48. The van der Waals surface area contributed by atoms with E-state index in [0.717, 1.165) is 0 Å². The molecule has 1 saturated heterocycles. The second-order valence-corrected chi connectivity index (χ2v) is 5.58. The summed E-state index contributed by atoms with van der Waals surface area (Å²) in [6, 6.07) is 2.06. The molecule has 0 bridgehead atoms. The van der Waals surface area contributed by atoms with Crippen LogP contribution in [0.4, 0.5) is 5.82 Å². The van der Waals surface area contributed by atoms with E-state index in [1.165, 1.54) is 17.2 Å². The molecule has 0 radical (unpaired) electrons. The standard InChI is InChI=1S/C12H12N6O3/c1-11(2-13)10(21-7-6(19)12(7,11)20)18-4-17-5-8(14)15-3-16-9(5)18/h3-4,6-7,10,19-20H,1H3,(H2,14,15,16)/t6?,7-,10?,11+,12-/m1/s1. The zero-order valence-corrected chi connectivity index (χ0v) is 11.0. The zero-order valence-electron chi connectivity index (χ0n) is 11.0. The maximum atomic E-state index is 10.5. The highest BCUT2D eigenvalue weighted by Crippen LogP contribution is 2.64. The number of imidazole rings is 1. The molecule has 2 aliphatic rings. The maximum absolute atomic E-state index is 10.5. The van der Waals surface area contributed by atoms with Gasteiger partial charge in [-0.1, -0.05) is 0 Å². The molecule has 4 N–H and O–H groups in total. The lowest BCUT2D eigenvalue weighted by Crippen LogP contribution is -2.41. The van der Waals surface area contributed by atoms with Crippen molar-refractivity contribution in [2.75, 3.05) is 5.73 Å². The Bertz CT molecular complexity index is 800. The number of aliphatic hydroxyl groups excluding tert-OH is 1. The van der Waals surface area contributed by atoms with Gasteiger partial charge in [0.05, 0.1) is 12.4 Å². The largest absolute Gasteiger partial charge is 0.387 e. The molecule has 3 heterocycles. The molecule has 9 nitrogen and oxygen atoms in total. The number of aliphatic hydroxyl groups is 2. The summed E-state index contributed by atoms with van der Waals surface area (Å²) in [6.45, 7) is 1.55. The number of aromatic nitrogens is 4. The summed E-state index contributed by atoms with van der Waals surface area (Å²) in [5.74, 6) is 0.222. The van der Waals surface area contributed by atoms with Crippen molar-refractivity contribution in [1.82, 2.24) is 19.5 Å². The van der Waals surface area contributed by atoms with Gasteiger partial charge in [-0.05, 0) is 6.92 Å². The molecule has 0 aromatic carbocycles. The number of fused-ring (bicyclic) bond motifs is 2. The van der Waals surface area contributed by atoms with Crippen LogP contribution in [0.5, 0.6) is 0 Å². The fraction of sp³-hybridized carbons (Fsp3) is 0.500. The van der Waals surface area contributed by atoms with E-state index in [2.05, 4.69) is 21.0 Å². The highest BCUT2D eigenvalue weighted by molar-refractivity contribution is 5.81. The van der Waals surface area contributed by atoms with Gasteiger partial charge in [0.2, 0.25) is 0 Å². The summed E-state index contributed by atoms with van der Waals surface area (Å²) in [6.07, 6.45) is 0.0618. The fourth-order valence-electron chi connectivity index (χ4n) is 3.11. The van der Waals surface area contributed by atoms with Crippen LogP contribution in [-0.4, -0.2) is 47.5 Å². The molecule has 1 aliphatic heterocycles. The van der Waals surface area contributed by atoms with Crippen molar-refractivity contribution in [2.24, 2.45) is 5.41 Å². The first-order valence-electron chi connectivity index (χ1n) is 6.35. The Morgan fingerprint density at radius 1 is 1.48 bits per heavy atom. The average molecular weight is 288 g/mol.